The predicted octanol–water partition coefficient (Wildman–Crippen LogP) is 0.130. The smallest absolute Gasteiger partial charge is 0.104 e. The van der Waals surface area contributed by atoms with Gasteiger partial charge in [0.25, 0.3) is 0 Å². The molecule has 0 bridgehead atoms. The van der Waals surface area contributed by atoms with E-state index in [9.17, 15) is 5.11 Å². The second-order valence-electron chi connectivity index (χ2n) is 3.44. The highest BCUT2D eigenvalue weighted by molar-refractivity contribution is 4.66. The third kappa shape index (κ3) is 10.2. The number of aliphatic hydroxyl groups is 2. The quantitative estimate of drug-likeness (QED) is 0.378. The molecular formula is C12H22O5. The van der Waals surface area contributed by atoms with E-state index in [0.29, 0.717) is 13.2 Å². The summed E-state index contributed by atoms with van der Waals surface area (Å²) in [7, 11) is 0. The van der Waals surface area contributed by atoms with E-state index in [2.05, 4.69) is 13.2 Å². The Morgan fingerprint density at radius 1 is 1.00 bits per heavy atom. The number of rotatable bonds is 12. The molecule has 2 N–H and O–H groups in total. The van der Waals surface area contributed by atoms with Crippen molar-refractivity contribution in [1.29, 1.82) is 0 Å². The maximum absolute atomic E-state index is 9.47. The van der Waals surface area contributed by atoms with Crippen LogP contribution >= 0.6 is 0 Å². The van der Waals surface area contributed by atoms with Crippen molar-refractivity contribution in [3.05, 3.63) is 25.3 Å². The first-order chi connectivity index (χ1) is 8.24. The van der Waals surface area contributed by atoms with Crippen LogP contribution in [0.2, 0.25) is 0 Å². The van der Waals surface area contributed by atoms with Crippen LogP contribution in [0.1, 0.15) is 0 Å². The molecular weight excluding hydrogens is 224 g/mol. The van der Waals surface area contributed by atoms with Crippen molar-refractivity contribution >= 4 is 0 Å². The second kappa shape index (κ2) is 11.8. The second-order valence-corrected chi connectivity index (χ2v) is 3.44. The van der Waals surface area contributed by atoms with Crippen LogP contribution in [-0.4, -0.2) is 62.1 Å². The molecule has 0 aliphatic carbocycles. The van der Waals surface area contributed by atoms with Crippen molar-refractivity contribution in [3.63, 3.8) is 0 Å². The Morgan fingerprint density at radius 3 is 2.12 bits per heavy atom. The maximum Gasteiger partial charge on any atom is 0.104 e. The topological polar surface area (TPSA) is 68.2 Å². The first-order valence-electron chi connectivity index (χ1n) is 5.52. The molecule has 0 amide bonds. The average Bonchev–Trinajstić information content (AvgIpc) is 2.34. The lowest BCUT2D eigenvalue weighted by Gasteiger charge is -2.17. The van der Waals surface area contributed by atoms with Crippen molar-refractivity contribution in [2.24, 2.45) is 0 Å². The monoisotopic (exact) mass is 246 g/mol. The van der Waals surface area contributed by atoms with Gasteiger partial charge in [-0.15, -0.1) is 13.2 Å². The highest BCUT2D eigenvalue weighted by atomic mass is 16.5. The van der Waals surface area contributed by atoms with Crippen LogP contribution < -0.4 is 0 Å². The third-order valence-corrected chi connectivity index (χ3v) is 1.81. The molecule has 0 saturated carbocycles. The largest absolute Gasteiger partial charge is 0.394 e. The molecule has 0 aliphatic rings. The van der Waals surface area contributed by atoms with Gasteiger partial charge in [0.2, 0.25) is 0 Å². The summed E-state index contributed by atoms with van der Waals surface area (Å²) in [6.45, 7) is 8.18. The molecule has 0 rings (SSSR count). The van der Waals surface area contributed by atoms with Crippen LogP contribution in [-0.2, 0) is 14.2 Å². The van der Waals surface area contributed by atoms with E-state index in [-0.39, 0.29) is 26.4 Å². The van der Waals surface area contributed by atoms with Gasteiger partial charge in [-0.05, 0) is 0 Å². The van der Waals surface area contributed by atoms with Crippen LogP contribution in [0.15, 0.2) is 25.3 Å². The van der Waals surface area contributed by atoms with Gasteiger partial charge >= 0.3 is 0 Å². The van der Waals surface area contributed by atoms with Crippen molar-refractivity contribution in [3.8, 4) is 0 Å². The third-order valence-electron chi connectivity index (χ3n) is 1.81. The number of hydrogen-bond acceptors (Lipinski definition) is 5. The molecule has 17 heavy (non-hydrogen) atoms. The van der Waals surface area contributed by atoms with E-state index >= 15 is 0 Å². The molecule has 0 fully saturated rings. The molecule has 100 valence electrons. The van der Waals surface area contributed by atoms with E-state index in [1.165, 1.54) is 0 Å². The van der Waals surface area contributed by atoms with E-state index in [0.717, 1.165) is 0 Å². The molecule has 0 aromatic carbocycles. The zero-order valence-corrected chi connectivity index (χ0v) is 10.1. The maximum atomic E-state index is 9.47. The summed E-state index contributed by atoms with van der Waals surface area (Å²) < 4.78 is 15.5. The Labute approximate surface area is 102 Å². The summed E-state index contributed by atoms with van der Waals surface area (Å²) in [5, 5.41) is 18.5. The van der Waals surface area contributed by atoms with Gasteiger partial charge in [-0.3, -0.25) is 0 Å². The molecule has 5 nitrogen and oxygen atoms in total. The highest BCUT2D eigenvalue weighted by Crippen LogP contribution is 1.96. The average molecular weight is 246 g/mol. The molecule has 0 aliphatic heterocycles. The van der Waals surface area contributed by atoms with Gasteiger partial charge in [-0.1, -0.05) is 12.2 Å². The predicted molar refractivity (Wildman–Crippen MR) is 64.9 cm³/mol. The van der Waals surface area contributed by atoms with Gasteiger partial charge in [0, 0.05) is 0 Å². The van der Waals surface area contributed by atoms with Crippen LogP contribution in [0.25, 0.3) is 0 Å². The number of hydrogen-bond donors (Lipinski definition) is 2. The van der Waals surface area contributed by atoms with Gasteiger partial charge in [0.15, 0.2) is 0 Å². The van der Waals surface area contributed by atoms with Crippen molar-refractivity contribution < 1.29 is 24.4 Å². The summed E-state index contributed by atoms with van der Waals surface area (Å²) in [5.74, 6) is 0. The molecule has 2 atom stereocenters. The van der Waals surface area contributed by atoms with E-state index in [1.54, 1.807) is 12.2 Å². The number of aliphatic hydroxyl groups excluding tert-OH is 2. The number of ether oxygens (including phenoxy) is 3. The van der Waals surface area contributed by atoms with Gasteiger partial charge < -0.3 is 24.4 Å². The Kier molecular flexibility index (Phi) is 11.3. The molecule has 0 aromatic rings. The molecule has 0 heterocycles. The van der Waals surface area contributed by atoms with E-state index < -0.39 is 12.2 Å². The first kappa shape index (κ1) is 16.3. The highest BCUT2D eigenvalue weighted by Gasteiger charge is 2.11. The Morgan fingerprint density at radius 2 is 1.59 bits per heavy atom. The standard InChI is InChI=1S/C12H22O5/c1-3-5-15-8-11(14)9-17-12(7-13)10-16-6-4-2/h3-4,11-14H,1-2,5-10H2. The van der Waals surface area contributed by atoms with Crippen LogP contribution in [0.3, 0.4) is 0 Å². The minimum atomic E-state index is -0.719. The SMILES string of the molecule is C=CCOCC(O)COC(CO)COCC=C. The van der Waals surface area contributed by atoms with Gasteiger partial charge in [0.1, 0.15) is 12.2 Å². The lowest BCUT2D eigenvalue weighted by molar-refractivity contribution is -0.0786. The van der Waals surface area contributed by atoms with Crippen LogP contribution in [0, 0.1) is 0 Å². The van der Waals surface area contributed by atoms with Gasteiger partial charge in [-0.2, -0.15) is 0 Å². The minimum Gasteiger partial charge on any atom is -0.394 e. The Balaban J connectivity index is 3.58. The summed E-state index contributed by atoms with van der Waals surface area (Å²) in [6, 6.07) is 0. The van der Waals surface area contributed by atoms with Crippen LogP contribution in [0.4, 0.5) is 0 Å². The zero-order chi connectivity index (χ0) is 12.9. The minimum absolute atomic E-state index is 0.0970. The van der Waals surface area contributed by atoms with Crippen molar-refractivity contribution in [2.45, 2.75) is 12.2 Å². The fourth-order valence-electron chi connectivity index (χ4n) is 1.02. The molecule has 0 saturated heterocycles. The van der Waals surface area contributed by atoms with Gasteiger partial charge in [0.05, 0.1) is 39.6 Å². The summed E-state index contributed by atoms with van der Waals surface area (Å²) in [5.41, 5.74) is 0. The molecule has 0 radical (unpaired) electrons. The zero-order valence-electron chi connectivity index (χ0n) is 10.1. The van der Waals surface area contributed by atoms with E-state index in [4.69, 9.17) is 19.3 Å². The van der Waals surface area contributed by atoms with E-state index in [1.807, 2.05) is 0 Å². The first-order valence-corrected chi connectivity index (χ1v) is 5.52. The summed E-state index contributed by atoms with van der Waals surface area (Å²) >= 11 is 0. The fraction of sp³-hybridized carbons (Fsp3) is 0.667. The molecule has 5 heteroatoms. The van der Waals surface area contributed by atoms with Crippen molar-refractivity contribution in [1.82, 2.24) is 0 Å². The lowest BCUT2D eigenvalue weighted by Crippen LogP contribution is -2.30. The van der Waals surface area contributed by atoms with Crippen molar-refractivity contribution in [2.75, 3.05) is 39.6 Å². The molecule has 2 unspecified atom stereocenters. The fourth-order valence-corrected chi connectivity index (χ4v) is 1.02. The Bertz CT molecular complexity index is 195. The van der Waals surface area contributed by atoms with Crippen LogP contribution in [0.5, 0.6) is 0 Å². The lowest BCUT2D eigenvalue weighted by atomic mass is 10.3. The molecule has 0 spiro atoms. The summed E-state index contributed by atoms with van der Waals surface area (Å²) in [6.07, 6.45) is 2.06. The summed E-state index contributed by atoms with van der Waals surface area (Å²) in [4.78, 5) is 0. The normalized spacial score (nSPS) is 14.2. The molecule has 0 aromatic heterocycles. The van der Waals surface area contributed by atoms with Gasteiger partial charge in [-0.25, -0.2) is 0 Å². The Hall–Kier alpha value is -0.720.